The molecule has 2 aromatic carbocycles. The van der Waals surface area contributed by atoms with Crippen molar-refractivity contribution in [3.8, 4) is 28.4 Å². The van der Waals surface area contributed by atoms with Crippen molar-refractivity contribution in [1.82, 2.24) is 4.98 Å². The van der Waals surface area contributed by atoms with E-state index in [9.17, 15) is 24.6 Å². The number of rotatable bonds is 10. The summed E-state index contributed by atoms with van der Waals surface area (Å²) in [5.74, 6) is -2.75. The molecule has 0 spiro atoms. The average Bonchev–Trinajstić information content (AvgIpc) is 2.85. The lowest BCUT2D eigenvalue weighted by atomic mass is 10.0. The van der Waals surface area contributed by atoms with Gasteiger partial charge in [0, 0.05) is 12.1 Å². The summed E-state index contributed by atoms with van der Waals surface area (Å²) in [4.78, 5) is 38.5. The molecule has 0 aliphatic carbocycles. The fraction of sp³-hybridized carbons (Fsp3) is 0.167. The highest BCUT2D eigenvalue weighted by Gasteiger charge is 2.21. The van der Waals surface area contributed by atoms with Crippen LogP contribution in [0.15, 0.2) is 54.6 Å². The summed E-state index contributed by atoms with van der Waals surface area (Å²) in [6.07, 6.45) is 0. The second kappa shape index (κ2) is 10.8. The zero-order chi connectivity index (χ0) is 24.7. The number of carbonyl (C=O) groups excluding carboxylic acids is 1. The fourth-order valence-electron chi connectivity index (χ4n) is 3.07. The molecule has 1 heterocycles. The van der Waals surface area contributed by atoms with E-state index >= 15 is 0 Å². The van der Waals surface area contributed by atoms with Gasteiger partial charge in [-0.25, -0.2) is 19.4 Å². The van der Waals surface area contributed by atoms with Gasteiger partial charge >= 0.3 is 17.9 Å². The molecule has 0 aliphatic rings. The minimum atomic E-state index is -1.39. The van der Waals surface area contributed by atoms with Crippen LogP contribution in [0.2, 0.25) is 0 Å². The maximum Gasteiger partial charge on any atom is 0.354 e. The van der Waals surface area contributed by atoms with Crippen molar-refractivity contribution in [2.45, 2.75) is 6.61 Å². The summed E-state index contributed by atoms with van der Waals surface area (Å²) in [5.41, 5.74) is 0.409. The van der Waals surface area contributed by atoms with Crippen molar-refractivity contribution in [2.24, 2.45) is 0 Å². The van der Waals surface area contributed by atoms with Crippen molar-refractivity contribution < 1.29 is 43.5 Å². The van der Waals surface area contributed by atoms with Crippen LogP contribution in [0.1, 0.15) is 26.5 Å². The molecule has 10 heteroatoms. The maximum atomic E-state index is 12.1. The van der Waals surface area contributed by atoms with Crippen LogP contribution in [0.3, 0.4) is 0 Å². The first-order valence-electron chi connectivity index (χ1n) is 9.89. The predicted octanol–water partition coefficient (Wildman–Crippen LogP) is 3.28. The molecular weight excluding hydrogens is 446 g/mol. The highest BCUT2D eigenvalue weighted by molar-refractivity contribution is 5.93. The summed E-state index contributed by atoms with van der Waals surface area (Å²) < 4.78 is 21.5. The molecule has 3 aromatic rings. The number of carbonyl (C=O) groups is 3. The van der Waals surface area contributed by atoms with Gasteiger partial charge in [-0.15, -0.1) is 0 Å². The number of esters is 1. The number of hydrogen-bond donors (Lipinski definition) is 2. The van der Waals surface area contributed by atoms with E-state index in [0.29, 0.717) is 0 Å². The zero-order valence-electron chi connectivity index (χ0n) is 18.3. The van der Waals surface area contributed by atoms with Gasteiger partial charge in [0.2, 0.25) is 0 Å². The maximum absolute atomic E-state index is 12.1. The molecule has 1 aromatic heterocycles. The Hall–Kier alpha value is -4.60. The highest BCUT2D eigenvalue weighted by Crippen LogP contribution is 2.42. The van der Waals surface area contributed by atoms with Gasteiger partial charge in [-0.2, -0.15) is 0 Å². The molecule has 0 radical (unpaired) electrons. The molecule has 0 amide bonds. The molecule has 0 atom stereocenters. The quantitative estimate of drug-likeness (QED) is 0.427. The molecule has 0 bridgehead atoms. The molecule has 0 fully saturated rings. The Bertz CT molecular complexity index is 1150. The Kier molecular flexibility index (Phi) is 7.65. The van der Waals surface area contributed by atoms with Crippen LogP contribution in [0, 0.1) is 0 Å². The SMILES string of the molecule is COc1cc(OCC(=O)OCc2ccccc2)cc(OC)c1-c1cc(C(=O)O)nc(C(=O)O)c1. The molecule has 3 rings (SSSR count). The summed E-state index contributed by atoms with van der Waals surface area (Å²) >= 11 is 0. The van der Waals surface area contributed by atoms with E-state index in [0.717, 1.165) is 5.56 Å². The Balaban J connectivity index is 1.86. The van der Waals surface area contributed by atoms with E-state index in [-0.39, 0.29) is 41.6 Å². The minimum Gasteiger partial charge on any atom is -0.496 e. The molecule has 0 unspecified atom stereocenters. The fourth-order valence-corrected chi connectivity index (χ4v) is 3.07. The van der Waals surface area contributed by atoms with Crippen molar-refractivity contribution in [1.29, 1.82) is 0 Å². The van der Waals surface area contributed by atoms with E-state index in [1.54, 1.807) is 0 Å². The number of methoxy groups -OCH3 is 2. The molecule has 0 saturated carbocycles. The zero-order valence-corrected chi connectivity index (χ0v) is 18.3. The third-order valence-corrected chi connectivity index (χ3v) is 4.63. The van der Waals surface area contributed by atoms with Crippen LogP contribution in [0.4, 0.5) is 0 Å². The van der Waals surface area contributed by atoms with Crippen LogP contribution >= 0.6 is 0 Å². The first-order valence-corrected chi connectivity index (χ1v) is 9.89. The topological polar surface area (TPSA) is 141 Å². The smallest absolute Gasteiger partial charge is 0.354 e. The first-order chi connectivity index (χ1) is 16.3. The van der Waals surface area contributed by atoms with Gasteiger partial charge in [0.15, 0.2) is 6.61 Å². The standard InChI is InChI=1S/C24H21NO9/c1-31-19-10-16(33-13-21(26)34-12-14-6-4-3-5-7-14)11-20(32-2)22(19)15-8-17(23(27)28)25-18(9-15)24(29)30/h3-11H,12-13H2,1-2H3,(H,27,28)(H,29,30). The molecule has 10 nitrogen and oxygen atoms in total. The van der Waals surface area contributed by atoms with Crippen molar-refractivity contribution in [2.75, 3.05) is 20.8 Å². The number of aromatic nitrogens is 1. The summed E-state index contributed by atoms with van der Waals surface area (Å²) in [6.45, 7) is -0.269. The first kappa shape index (κ1) is 24.1. The van der Waals surface area contributed by atoms with Crippen LogP contribution in [0.5, 0.6) is 17.2 Å². The Labute approximate surface area is 194 Å². The number of aromatic carboxylic acids is 2. The number of carboxylic acid groups (broad SMARTS) is 2. The van der Waals surface area contributed by atoms with Crippen molar-refractivity contribution in [3.63, 3.8) is 0 Å². The van der Waals surface area contributed by atoms with Gasteiger partial charge in [0.1, 0.15) is 35.2 Å². The van der Waals surface area contributed by atoms with Crippen LogP contribution in [-0.2, 0) is 16.1 Å². The average molecular weight is 467 g/mol. The van der Waals surface area contributed by atoms with Gasteiger partial charge in [-0.1, -0.05) is 30.3 Å². The van der Waals surface area contributed by atoms with Gasteiger partial charge in [-0.3, -0.25) is 0 Å². The van der Waals surface area contributed by atoms with E-state index < -0.39 is 29.3 Å². The van der Waals surface area contributed by atoms with Crippen LogP contribution in [-0.4, -0.2) is 53.9 Å². The summed E-state index contributed by atoms with van der Waals surface area (Å²) in [5, 5.41) is 18.6. The normalized spacial score (nSPS) is 10.3. The summed E-state index contributed by atoms with van der Waals surface area (Å²) in [7, 11) is 2.74. The van der Waals surface area contributed by atoms with Crippen molar-refractivity contribution in [3.05, 3.63) is 71.5 Å². The Morgan fingerprint density at radius 1 is 0.853 bits per heavy atom. The van der Waals surface area contributed by atoms with E-state index in [1.807, 2.05) is 30.3 Å². The van der Waals surface area contributed by atoms with Crippen LogP contribution in [0.25, 0.3) is 11.1 Å². The van der Waals surface area contributed by atoms with Gasteiger partial charge < -0.3 is 29.2 Å². The Morgan fingerprint density at radius 2 is 1.41 bits per heavy atom. The van der Waals surface area contributed by atoms with Crippen molar-refractivity contribution >= 4 is 17.9 Å². The second-order valence-corrected chi connectivity index (χ2v) is 6.87. The third kappa shape index (κ3) is 5.80. The third-order valence-electron chi connectivity index (χ3n) is 4.63. The molecule has 176 valence electrons. The number of carboxylic acids is 2. The number of benzene rings is 2. The molecule has 34 heavy (non-hydrogen) atoms. The Morgan fingerprint density at radius 3 is 1.91 bits per heavy atom. The molecular formula is C24H21NO9. The number of nitrogens with zero attached hydrogens (tertiary/aromatic N) is 1. The van der Waals surface area contributed by atoms with E-state index in [4.69, 9.17) is 18.9 Å². The number of ether oxygens (including phenoxy) is 4. The second-order valence-electron chi connectivity index (χ2n) is 6.87. The molecule has 0 aliphatic heterocycles. The minimum absolute atomic E-state index is 0.106. The lowest BCUT2D eigenvalue weighted by Crippen LogP contribution is -2.15. The number of pyridine rings is 1. The largest absolute Gasteiger partial charge is 0.496 e. The lowest BCUT2D eigenvalue weighted by molar-refractivity contribution is -0.147. The molecule has 2 N–H and O–H groups in total. The van der Waals surface area contributed by atoms with Gasteiger partial charge in [0.25, 0.3) is 0 Å². The van der Waals surface area contributed by atoms with E-state index in [1.165, 1.54) is 38.5 Å². The summed E-state index contributed by atoms with van der Waals surface area (Å²) in [6, 6.07) is 14.5. The van der Waals surface area contributed by atoms with Gasteiger partial charge in [0.05, 0.1) is 19.8 Å². The highest BCUT2D eigenvalue weighted by atomic mass is 16.6. The monoisotopic (exact) mass is 467 g/mol. The molecule has 0 saturated heterocycles. The van der Waals surface area contributed by atoms with Gasteiger partial charge in [-0.05, 0) is 23.3 Å². The van der Waals surface area contributed by atoms with E-state index in [2.05, 4.69) is 4.98 Å². The number of hydrogen-bond acceptors (Lipinski definition) is 8. The van der Waals surface area contributed by atoms with Crippen LogP contribution < -0.4 is 14.2 Å². The predicted molar refractivity (Wildman–Crippen MR) is 118 cm³/mol. The lowest BCUT2D eigenvalue weighted by Gasteiger charge is -2.16.